The van der Waals surface area contributed by atoms with E-state index in [-0.39, 0.29) is 31.4 Å². The Hall–Kier alpha value is -2.97. The van der Waals surface area contributed by atoms with Crippen LogP contribution in [-0.2, 0) is 14.3 Å². The molecule has 2 aromatic rings. The molecule has 3 rings (SSSR count). The molecule has 0 radical (unpaired) electrons. The molecule has 31 heavy (non-hydrogen) atoms. The van der Waals surface area contributed by atoms with E-state index in [0.29, 0.717) is 40.3 Å². The van der Waals surface area contributed by atoms with Gasteiger partial charge in [-0.25, -0.2) is 0 Å². The van der Waals surface area contributed by atoms with Crippen LogP contribution in [0, 0.1) is 5.92 Å². The van der Waals surface area contributed by atoms with Crippen molar-refractivity contribution in [1.82, 2.24) is 0 Å². The van der Waals surface area contributed by atoms with Crippen LogP contribution in [0.15, 0.2) is 36.4 Å². The Morgan fingerprint density at radius 1 is 1.16 bits per heavy atom. The summed E-state index contributed by atoms with van der Waals surface area (Å²) in [6, 6.07) is 10.3. The summed E-state index contributed by atoms with van der Waals surface area (Å²) < 4.78 is 21.3. The molecule has 1 aliphatic heterocycles. The second-order valence-electron chi connectivity index (χ2n) is 6.89. The zero-order valence-electron chi connectivity index (χ0n) is 17.6. The van der Waals surface area contributed by atoms with E-state index >= 15 is 0 Å². The molecular formula is C22H25ClN2O6. The minimum absolute atomic E-state index is 0.0760. The lowest BCUT2D eigenvalue weighted by Gasteiger charge is -2.20. The maximum atomic E-state index is 12.9. The number of para-hydroxylation sites is 1. The average Bonchev–Trinajstić information content (AvgIpc) is 3.16. The lowest BCUT2D eigenvalue weighted by Crippen LogP contribution is -2.28. The summed E-state index contributed by atoms with van der Waals surface area (Å²) in [4.78, 5) is 27.2. The number of nitrogens with one attached hydrogen (secondary N) is 1. The lowest BCUT2D eigenvalue weighted by atomic mass is 10.1. The second-order valence-corrected chi connectivity index (χ2v) is 7.30. The predicted octanol–water partition coefficient (Wildman–Crippen LogP) is 3.37. The van der Waals surface area contributed by atoms with Crippen LogP contribution in [0.25, 0.3) is 0 Å². The fraction of sp³-hybridized carbons (Fsp3) is 0.364. The number of anilines is 2. The molecule has 166 valence electrons. The van der Waals surface area contributed by atoms with Crippen LogP contribution in [0.3, 0.4) is 0 Å². The number of nitrogens with zero attached hydrogens (tertiary/aromatic N) is 1. The molecule has 9 heteroatoms. The van der Waals surface area contributed by atoms with E-state index in [2.05, 4.69) is 5.32 Å². The Morgan fingerprint density at radius 2 is 1.97 bits per heavy atom. The maximum absolute atomic E-state index is 12.9. The SMILES string of the molecule is COCCOc1c(Cl)cccc1NC(=O)C1CC(=O)N(c2cc(OC)ccc2OC)C1. The molecule has 8 nitrogen and oxygen atoms in total. The number of carbonyl (C=O) groups is 2. The normalized spacial score (nSPS) is 15.7. The van der Waals surface area contributed by atoms with Crippen molar-refractivity contribution in [3.63, 3.8) is 0 Å². The van der Waals surface area contributed by atoms with Gasteiger partial charge in [0.2, 0.25) is 11.8 Å². The first-order valence-corrected chi connectivity index (χ1v) is 10.1. The van der Waals surface area contributed by atoms with Crippen LogP contribution >= 0.6 is 11.6 Å². The Bertz CT molecular complexity index is 952. The van der Waals surface area contributed by atoms with Crippen LogP contribution in [0.4, 0.5) is 11.4 Å². The van der Waals surface area contributed by atoms with Gasteiger partial charge in [-0.05, 0) is 24.3 Å². The summed E-state index contributed by atoms with van der Waals surface area (Å²) in [5.41, 5.74) is 1.01. The molecule has 0 aromatic heterocycles. The van der Waals surface area contributed by atoms with Gasteiger partial charge in [-0.3, -0.25) is 9.59 Å². The van der Waals surface area contributed by atoms with Gasteiger partial charge in [0.05, 0.1) is 43.1 Å². The number of carbonyl (C=O) groups excluding carboxylic acids is 2. The van der Waals surface area contributed by atoms with Crippen molar-refractivity contribution < 1.29 is 28.5 Å². The molecule has 1 heterocycles. The van der Waals surface area contributed by atoms with E-state index in [1.807, 2.05) is 0 Å². The van der Waals surface area contributed by atoms with Crippen molar-refractivity contribution in [3.8, 4) is 17.2 Å². The van der Waals surface area contributed by atoms with Crippen molar-refractivity contribution in [2.75, 3.05) is 51.3 Å². The van der Waals surface area contributed by atoms with E-state index in [0.717, 1.165) is 0 Å². The van der Waals surface area contributed by atoms with Crippen molar-refractivity contribution in [2.45, 2.75) is 6.42 Å². The van der Waals surface area contributed by atoms with Gasteiger partial charge in [0.25, 0.3) is 0 Å². The first kappa shape index (κ1) is 22.7. The molecule has 0 aliphatic carbocycles. The highest BCUT2D eigenvalue weighted by Crippen LogP contribution is 2.37. The number of halogens is 1. The minimum atomic E-state index is -0.547. The highest BCUT2D eigenvalue weighted by atomic mass is 35.5. The maximum Gasteiger partial charge on any atom is 0.229 e. The second kappa shape index (κ2) is 10.4. The topological polar surface area (TPSA) is 86.3 Å². The van der Waals surface area contributed by atoms with Crippen molar-refractivity contribution >= 4 is 34.8 Å². The van der Waals surface area contributed by atoms with Gasteiger partial charge in [-0.1, -0.05) is 17.7 Å². The molecule has 2 aromatic carbocycles. The molecular weight excluding hydrogens is 424 g/mol. The van der Waals surface area contributed by atoms with Gasteiger partial charge in [0, 0.05) is 26.1 Å². The summed E-state index contributed by atoms with van der Waals surface area (Å²) in [7, 11) is 4.64. The molecule has 2 amide bonds. The first-order chi connectivity index (χ1) is 15.0. The number of amides is 2. The van der Waals surface area contributed by atoms with Gasteiger partial charge < -0.3 is 29.2 Å². The van der Waals surface area contributed by atoms with Gasteiger partial charge in [-0.2, -0.15) is 0 Å². The Labute approximate surface area is 186 Å². The largest absolute Gasteiger partial charge is 0.497 e. The molecule has 0 bridgehead atoms. The highest BCUT2D eigenvalue weighted by Gasteiger charge is 2.36. The molecule has 1 fully saturated rings. The smallest absolute Gasteiger partial charge is 0.229 e. The Kier molecular flexibility index (Phi) is 7.59. The minimum Gasteiger partial charge on any atom is -0.497 e. The van der Waals surface area contributed by atoms with Crippen LogP contribution in [0.1, 0.15) is 6.42 Å². The first-order valence-electron chi connectivity index (χ1n) is 9.72. The van der Waals surface area contributed by atoms with E-state index < -0.39 is 5.92 Å². The summed E-state index contributed by atoms with van der Waals surface area (Å²) in [6.45, 7) is 0.885. The van der Waals surface area contributed by atoms with E-state index in [1.54, 1.807) is 55.5 Å². The number of benzene rings is 2. The fourth-order valence-corrected chi connectivity index (χ4v) is 3.57. The molecule has 0 saturated carbocycles. The quantitative estimate of drug-likeness (QED) is 0.592. The third kappa shape index (κ3) is 5.21. The zero-order valence-corrected chi connectivity index (χ0v) is 18.4. The fourth-order valence-electron chi connectivity index (χ4n) is 3.34. The van der Waals surface area contributed by atoms with Crippen molar-refractivity contribution in [3.05, 3.63) is 41.4 Å². The standard InChI is InChI=1S/C22H25ClN2O6/c1-28-9-10-31-21-16(23)5-4-6-17(21)24-22(27)14-11-20(26)25(13-14)18-12-15(29-2)7-8-19(18)30-3/h4-8,12,14H,9-11,13H2,1-3H3,(H,24,27). The van der Waals surface area contributed by atoms with Crippen LogP contribution in [0.2, 0.25) is 5.02 Å². The summed E-state index contributed by atoms with van der Waals surface area (Å²) in [5.74, 6) is 0.470. The molecule has 1 N–H and O–H groups in total. The number of rotatable bonds is 9. The highest BCUT2D eigenvalue weighted by molar-refractivity contribution is 6.32. The third-order valence-electron chi connectivity index (χ3n) is 4.93. The van der Waals surface area contributed by atoms with Crippen LogP contribution in [0.5, 0.6) is 17.2 Å². The zero-order chi connectivity index (χ0) is 22.4. The van der Waals surface area contributed by atoms with E-state index in [9.17, 15) is 9.59 Å². The molecule has 1 saturated heterocycles. The van der Waals surface area contributed by atoms with Crippen LogP contribution < -0.4 is 24.4 Å². The number of hydrogen-bond acceptors (Lipinski definition) is 6. The average molecular weight is 449 g/mol. The molecule has 0 spiro atoms. The summed E-state index contributed by atoms with van der Waals surface area (Å²) in [5, 5.41) is 3.21. The van der Waals surface area contributed by atoms with Gasteiger partial charge in [-0.15, -0.1) is 0 Å². The van der Waals surface area contributed by atoms with Crippen LogP contribution in [-0.4, -0.2) is 52.9 Å². The van der Waals surface area contributed by atoms with Gasteiger partial charge in [0.1, 0.15) is 18.1 Å². The van der Waals surface area contributed by atoms with Crippen molar-refractivity contribution in [2.24, 2.45) is 5.92 Å². The molecule has 1 unspecified atom stereocenters. The summed E-state index contributed by atoms with van der Waals surface area (Å²) >= 11 is 6.23. The number of methoxy groups -OCH3 is 3. The van der Waals surface area contributed by atoms with Crippen molar-refractivity contribution in [1.29, 1.82) is 0 Å². The monoisotopic (exact) mass is 448 g/mol. The number of ether oxygens (including phenoxy) is 4. The summed E-state index contributed by atoms with van der Waals surface area (Å²) in [6.07, 6.45) is 0.0760. The van der Waals surface area contributed by atoms with E-state index in [4.69, 9.17) is 30.5 Å². The van der Waals surface area contributed by atoms with Gasteiger partial charge in [0.15, 0.2) is 5.75 Å². The Morgan fingerprint density at radius 3 is 2.68 bits per heavy atom. The molecule has 1 aliphatic rings. The predicted molar refractivity (Wildman–Crippen MR) is 117 cm³/mol. The van der Waals surface area contributed by atoms with E-state index in [1.165, 1.54) is 7.11 Å². The molecule has 1 atom stereocenters. The van der Waals surface area contributed by atoms with Gasteiger partial charge >= 0.3 is 0 Å². The Balaban J connectivity index is 1.75. The third-order valence-corrected chi connectivity index (χ3v) is 5.23. The number of hydrogen-bond donors (Lipinski definition) is 1. The lowest BCUT2D eigenvalue weighted by molar-refractivity contribution is -0.122.